The Kier molecular flexibility index (Phi) is 5.02. The second kappa shape index (κ2) is 7.44. The standard InChI is InChI=1S/C21H26N4OS/c1-14-15(12-24(3)23-14)13-25-10-6-7-16(25)11-18-17-8-4-5-9-19(17)27-20(18)21(26)22-2/h4-5,8-9,12,16H,6-7,10-11,13H2,1-3H3,(H,22,26)/t16-/m0/s1. The molecule has 6 heteroatoms. The number of aromatic nitrogens is 2. The highest BCUT2D eigenvalue weighted by molar-refractivity contribution is 7.21. The van der Waals surface area contributed by atoms with Crippen LogP contribution >= 0.6 is 11.3 Å². The van der Waals surface area contributed by atoms with Crippen LogP contribution in [0.25, 0.3) is 10.1 Å². The van der Waals surface area contributed by atoms with Crippen LogP contribution in [-0.2, 0) is 20.0 Å². The van der Waals surface area contributed by atoms with Crippen LogP contribution in [0.4, 0.5) is 0 Å². The maximum atomic E-state index is 12.5. The lowest BCUT2D eigenvalue weighted by Crippen LogP contribution is -2.31. The van der Waals surface area contributed by atoms with Gasteiger partial charge in [-0.2, -0.15) is 5.10 Å². The highest BCUT2D eigenvalue weighted by atomic mass is 32.1. The van der Waals surface area contributed by atoms with Gasteiger partial charge >= 0.3 is 0 Å². The normalized spacial score (nSPS) is 17.7. The summed E-state index contributed by atoms with van der Waals surface area (Å²) in [6.45, 7) is 4.12. The van der Waals surface area contributed by atoms with Crippen molar-refractivity contribution in [1.29, 1.82) is 0 Å². The number of hydrogen-bond acceptors (Lipinski definition) is 4. The molecule has 0 bridgehead atoms. The van der Waals surface area contributed by atoms with Crippen molar-refractivity contribution in [1.82, 2.24) is 20.0 Å². The number of nitrogens with one attached hydrogen (secondary N) is 1. The Bertz CT molecular complexity index is 974. The second-order valence-electron chi connectivity index (χ2n) is 7.37. The number of likely N-dealkylation sites (tertiary alicyclic amines) is 1. The van der Waals surface area contributed by atoms with Crippen molar-refractivity contribution < 1.29 is 4.79 Å². The third-order valence-electron chi connectivity index (χ3n) is 5.56. The summed E-state index contributed by atoms with van der Waals surface area (Å²) in [7, 11) is 3.69. The average molecular weight is 383 g/mol. The zero-order valence-electron chi connectivity index (χ0n) is 16.2. The van der Waals surface area contributed by atoms with Gasteiger partial charge in [-0.1, -0.05) is 18.2 Å². The van der Waals surface area contributed by atoms with Gasteiger partial charge in [-0.15, -0.1) is 11.3 Å². The van der Waals surface area contributed by atoms with Gasteiger partial charge in [0.05, 0.1) is 10.6 Å². The molecule has 3 heterocycles. The summed E-state index contributed by atoms with van der Waals surface area (Å²) in [5.41, 5.74) is 3.61. The molecule has 0 radical (unpaired) electrons. The molecule has 1 aromatic carbocycles. The van der Waals surface area contributed by atoms with E-state index in [0.29, 0.717) is 6.04 Å². The van der Waals surface area contributed by atoms with Crippen LogP contribution in [0, 0.1) is 6.92 Å². The molecule has 3 aromatic rings. The topological polar surface area (TPSA) is 50.2 Å². The van der Waals surface area contributed by atoms with Gasteiger partial charge in [0.25, 0.3) is 5.91 Å². The van der Waals surface area contributed by atoms with Gasteiger partial charge in [0.2, 0.25) is 0 Å². The fraction of sp³-hybridized carbons (Fsp3) is 0.429. The molecule has 1 aliphatic rings. The number of carbonyl (C=O) groups is 1. The fourth-order valence-electron chi connectivity index (χ4n) is 4.19. The van der Waals surface area contributed by atoms with E-state index < -0.39 is 0 Å². The first-order valence-corrected chi connectivity index (χ1v) is 10.3. The van der Waals surface area contributed by atoms with E-state index in [1.54, 1.807) is 18.4 Å². The monoisotopic (exact) mass is 382 g/mol. The van der Waals surface area contributed by atoms with Crippen LogP contribution in [0.15, 0.2) is 30.5 Å². The van der Waals surface area contributed by atoms with Crippen LogP contribution < -0.4 is 5.32 Å². The highest BCUT2D eigenvalue weighted by Gasteiger charge is 2.28. The van der Waals surface area contributed by atoms with Crippen molar-refractivity contribution in [2.45, 2.75) is 38.8 Å². The smallest absolute Gasteiger partial charge is 0.261 e. The molecule has 4 rings (SSSR count). The quantitative estimate of drug-likeness (QED) is 0.735. The number of carbonyl (C=O) groups excluding carboxylic acids is 1. The van der Waals surface area contributed by atoms with E-state index in [2.05, 4.69) is 46.6 Å². The number of hydrogen-bond donors (Lipinski definition) is 1. The number of rotatable bonds is 5. The third kappa shape index (κ3) is 3.51. The molecule has 1 N–H and O–H groups in total. The van der Waals surface area contributed by atoms with Crippen LogP contribution in [0.1, 0.15) is 39.3 Å². The van der Waals surface area contributed by atoms with Crippen molar-refractivity contribution >= 4 is 27.3 Å². The molecular formula is C21H26N4OS. The van der Waals surface area contributed by atoms with E-state index in [0.717, 1.165) is 30.1 Å². The van der Waals surface area contributed by atoms with Crippen molar-refractivity contribution in [3.63, 3.8) is 0 Å². The predicted octanol–water partition coefficient (Wildman–Crippen LogP) is 3.51. The van der Waals surface area contributed by atoms with Crippen LogP contribution in [0.2, 0.25) is 0 Å². The minimum Gasteiger partial charge on any atom is -0.354 e. The Balaban J connectivity index is 1.62. The van der Waals surface area contributed by atoms with Crippen LogP contribution in [-0.4, -0.2) is 40.2 Å². The molecule has 1 saturated heterocycles. The average Bonchev–Trinajstić information content (AvgIpc) is 3.34. The minimum atomic E-state index is 0.0267. The van der Waals surface area contributed by atoms with Gasteiger partial charge in [0.1, 0.15) is 0 Å². The molecule has 1 amide bonds. The Hall–Kier alpha value is -2.18. The van der Waals surface area contributed by atoms with Crippen LogP contribution in [0.3, 0.4) is 0 Å². The molecule has 142 valence electrons. The Morgan fingerprint density at radius 2 is 2.19 bits per heavy atom. The first-order valence-electron chi connectivity index (χ1n) is 9.52. The van der Waals surface area contributed by atoms with Gasteiger partial charge in [0.15, 0.2) is 0 Å². The first kappa shape index (κ1) is 18.2. The lowest BCUT2D eigenvalue weighted by Gasteiger charge is -2.24. The summed E-state index contributed by atoms with van der Waals surface area (Å²) in [5.74, 6) is 0.0267. The summed E-state index contributed by atoms with van der Waals surface area (Å²) in [5, 5.41) is 8.52. The molecule has 0 unspecified atom stereocenters. The molecular weight excluding hydrogens is 356 g/mol. The van der Waals surface area contributed by atoms with E-state index in [9.17, 15) is 4.79 Å². The maximum absolute atomic E-state index is 12.5. The van der Waals surface area contributed by atoms with Gasteiger partial charge in [0, 0.05) is 43.1 Å². The number of amides is 1. The van der Waals surface area contributed by atoms with Gasteiger partial charge in [-0.05, 0) is 49.7 Å². The molecule has 5 nitrogen and oxygen atoms in total. The zero-order valence-corrected chi connectivity index (χ0v) is 17.0. The lowest BCUT2D eigenvalue weighted by atomic mass is 10.00. The SMILES string of the molecule is CNC(=O)c1sc2ccccc2c1C[C@@H]1CCCN1Cc1cn(C)nc1C. The number of benzene rings is 1. The Morgan fingerprint density at radius 1 is 1.37 bits per heavy atom. The third-order valence-corrected chi connectivity index (χ3v) is 6.77. The molecule has 1 aliphatic heterocycles. The predicted molar refractivity (Wildman–Crippen MR) is 110 cm³/mol. The summed E-state index contributed by atoms with van der Waals surface area (Å²) in [4.78, 5) is 15.9. The van der Waals surface area contributed by atoms with Gasteiger partial charge in [-0.3, -0.25) is 14.4 Å². The van der Waals surface area contributed by atoms with Crippen molar-refractivity contribution in [3.8, 4) is 0 Å². The molecule has 2 aromatic heterocycles. The summed E-state index contributed by atoms with van der Waals surface area (Å²) >= 11 is 1.61. The summed E-state index contributed by atoms with van der Waals surface area (Å²) in [6, 6.07) is 8.84. The van der Waals surface area contributed by atoms with E-state index in [1.165, 1.54) is 34.1 Å². The molecule has 1 atom stereocenters. The molecule has 1 fully saturated rings. The summed E-state index contributed by atoms with van der Waals surface area (Å²) < 4.78 is 3.09. The number of fused-ring (bicyclic) bond motifs is 1. The second-order valence-corrected chi connectivity index (χ2v) is 8.42. The van der Waals surface area contributed by atoms with E-state index >= 15 is 0 Å². The van der Waals surface area contributed by atoms with E-state index in [4.69, 9.17) is 0 Å². The number of nitrogens with zero attached hydrogens (tertiary/aromatic N) is 3. The van der Waals surface area contributed by atoms with Gasteiger partial charge in [-0.25, -0.2) is 0 Å². The largest absolute Gasteiger partial charge is 0.354 e. The fourth-order valence-corrected chi connectivity index (χ4v) is 5.37. The van der Waals surface area contributed by atoms with Crippen molar-refractivity contribution in [2.75, 3.05) is 13.6 Å². The summed E-state index contributed by atoms with van der Waals surface area (Å²) in [6.07, 6.45) is 5.44. The van der Waals surface area contributed by atoms with Crippen LogP contribution in [0.5, 0.6) is 0 Å². The number of thiophene rings is 1. The van der Waals surface area contributed by atoms with Gasteiger partial charge < -0.3 is 5.32 Å². The molecule has 0 saturated carbocycles. The Labute approximate surface area is 164 Å². The number of aryl methyl sites for hydroxylation is 2. The maximum Gasteiger partial charge on any atom is 0.261 e. The van der Waals surface area contributed by atoms with E-state index in [-0.39, 0.29) is 5.91 Å². The molecule has 27 heavy (non-hydrogen) atoms. The lowest BCUT2D eigenvalue weighted by molar-refractivity contribution is 0.0966. The first-order chi connectivity index (χ1) is 13.1. The minimum absolute atomic E-state index is 0.0267. The Morgan fingerprint density at radius 3 is 2.93 bits per heavy atom. The molecule has 0 aliphatic carbocycles. The molecule has 0 spiro atoms. The van der Waals surface area contributed by atoms with Crippen molar-refractivity contribution in [3.05, 3.63) is 52.2 Å². The zero-order chi connectivity index (χ0) is 19.0. The highest BCUT2D eigenvalue weighted by Crippen LogP contribution is 2.34. The van der Waals surface area contributed by atoms with E-state index in [1.807, 2.05) is 17.8 Å². The van der Waals surface area contributed by atoms with Crippen molar-refractivity contribution in [2.24, 2.45) is 7.05 Å².